The number of hydrogen-bond donors (Lipinski definition) is 2. The maximum Gasteiger partial charge on any atom is 0.133 e. The molecule has 0 aliphatic heterocycles. The zero-order chi connectivity index (χ0) is 13.1. The van der Waals surface area contributed by atoms with E-state index in [1.165, 1.54) is 6.42 Å². The molecule has 3 N–H and O–H groups in total. The first-order chi connectivity index (χ1) is 8.61. The Labute approximate surface area is 109 Å². The van der Waals surface area contributed by atoms with Gasteiger partial charge in [-0.15, -0.1) is 0 Å². The topological polar surface area (TPSA) is 62.4 Å². The van der Waals surface area contributed by atoms with Crippen LogP contribution in [0.3, 0.4) is 0 Å². The Morgan fingerprint density at radius 1 is 1.44 bits per heavy atom. The standard InChI is InChI=1S/C14H23N3O/c1-10(15)11-6-5-9-16-14(11)17(2)12-7-3-4-8-13(12)18/h5-6,9-10,12-13,18H,3-4,7-8,15H2,1-2H3/t10-,12?,13?/m1/s1. The molecule has 4 heteroatoms. The van der Waals surface area contributed by atoms with Crippen molar-refractivity contribution in [2.24, 2.45) is 5.73 Å². The molecule has 4 nitrogen and oxygen atoms in total. The van der Waals surface area contributed by atoms with Crippen LogP contribution in [-0.2, 0) is 0 Å². The molecule has 1 aliphatic carbocycles. The molecule has 0 bridgehead atoms. The SMILES string of the molecule is C[C@@H](N)c1cccnc1N(C)C1CCCCC1O. The lowest BCUT2D eigenvalue weighted by molar-refractivity contribution is 0.106. The molecule has 100 valence electrons. The number of anilines is 1. The van der Waals surface area contributed by atoms with Crippen LogP contribution in [-0.4, -0.2) is 29.3 Å². The van der Waals surface area contributed by atoms with Crippen LogP contribution in [0.5, 0.6) is 0 Å². The molecule has 3 atom stereocenters. The third-order valence-corrected chi connectivity index (χ3v) is 3.83. The fraction of sp³-hybridized carbons (Fsp3) is 0.643. The van der Waals surface area contributed by atoms with Gasteiger partial charge in [-0.2, -0.15) is 0 Å². The number of rotatable bonds is 3. The molecule has 0 radical (unpaired) electrons. The van der Waals surface area contributed by atoms with Gasteiger partial charge in [0.15, 0.2) is 0 Å². The van der Waals surface area contributed by atoms with E-state index in [1.807, 2.05) is 26.1 Å². The van der Waals surface area contributed by atoms with E-state index in [9.17, 15) is 5.11 Å². The van der Waals surface area contributed by atoms with Gasteiger partial charge in [0.25, 0.3) is 0 Å². The second-order valence-electron chi connectivity index (χ2n) is 5.23. The molecule has 0 saturated heterocycles. The highest BCUT2D eigenvalue weighted by Gasteiger charge is 2.28. The summed E-state index contributed by atoms with van der Waals surface area (Å²) in [6.45, 7) is 1.96. The van der Waals surface area contributed by atoms with Gasteiger partial charge in [0.1, 0.15) is 5.82 Å². The van der Waals surface area contributed by atoms with Gasteiger partial charge in [0.2, 0.25) is 0 Å². The minimum Gasteiger partial charge on any atom is -0.391 e. The van der Waals surface area contributed by atoms with E-state index in [2.05, 4.69) is 9.88 Å². The summed E-state index contributed by atoms with van der Waals surface area (Å²) in [6.07, 6.45) is 5.72. The van der Waals surface area contributed by atoms with Gasteiger partial charge in [-0.05, 0) is 25.8 Å². The maximum atomic E-state index is 10.1. The fourth-order valence-corrected chi connectivity index (χ4v) is 2.76. The molecule has 1 heterocycles. The monoisotopic (exact) mass is 249 g/mol. The summed E-state index contributed by atoms with van der Waals surface area (Å²) >= 11 is 0. The fourth-order valence-electron chi connectivity index (χ4n) is 2.76. The first kappa shape index (κ1) is 13.3. The minimum absolute atomic E-state index is 0.0446. The van der Waals surface area contributed by atoms with E-state index in [-0.39, 0.29) is 18.2 Å². The van der Waals surface area contributed by atoms with Gasteiger partial charge in [-0.1, -0.05) is 18.9 Å². The number of nitrogens with two attached hydrogens (primary N) is 1. The zero-order valence-electron chi connectivity index (χ0n) is 11.2. The molecule has 2 unspecified atom stereocenters. The minimum atomic E-state index is -0.258. The molecule has 0 aromatic carbocycles. The van der Waals surface area contributed by atoms with Crippen LogP contribution in [0.4, 0.5) is 5.82 Å². The van der Waals surface area contributed by atoms with Crippen LogP contribution in [0.2, 0.25) is 0 Å². The Hall–Kier alpha value is -1.13. The van der Waals surface area contributed by atoms with E-state index < -0.39 is 0 Å². The molecule has 0 spiro atoms. The zero-order valence-corrected chi connectivity index (χ0v) is 11.2. The van der Waals surface area contributed by atoms with Gasteiger partial charge in [0, 0.05) is 24.8 Å². The number of likely N-dealkylation sites (N-methyl/N-ethyl adjacent to an activating group) is 1. The van der Waals surface area contributed by atoms with Crippen molar-refractivity contribution in [1.29, 1.82) is 0 Å². The van der Waals surface area contributed by atoms with Gasteiger partial charge < -0.3 is 15.7 Å². The molecule has 1 saturated carbocycles. The summed E-state index contributed by atoms with van der Waals surface area (Å²) in [5, 5.41) is 10.1. The number of pyridine rings is 1. The van der Waals surface area contributed by atoms with E-state index in [1.54, 1.807) is 6.20 Å². The lowest BCUT2D eigenvalue weighted by Gasteiger charge is -2.37. The third kappa shape index (κ3) is 2.65. The summed E-state index contributed by atoms with van der Waals surface area (Å²) < 4.78 is 0. The molecule has 1 aromatic heterocycles. The van der Waals surface area contributed by atoms with E-state index in [0.29, 0.717) is 0 Å². The second-order valence-corrected chi connectivity index (χ2v) is 5.23. The van der Waals surface area contributed by atoms with Gasteiger partial charge in [-0.3, -0.25) is 0 Å². The first-order valence-electron chi connectivity index (χ1n) is 6.72. The lowest BCUT2D eigenvalue weighted by Crippen LogP contribution is -2.44. The Bertz CT molecular complexity index is 394. The van der Waals surface area contributed by atoms with Crippen LogP contribution in [0, 0.1) is 0 Å². The number of aliphatic hydroxyl groups is 1. The van der Waals surface area contributed by atoms with Crippen molar-refractivity contribution in [3.05, 3.63) is 23.9 Å². The maximum absolute atomic E-state index is 10.1. The van der Waals surface area contributed by atoms with E-state index in [0.717, 1.165) is 30.6 Å². The number of nitrogens with zero attached hydrogens (tertiary/aromatic N) is 2. The van der Waals surface area contributed by atoms with Crippen molar-refractivity contribution in [3.63, 3.8) is 0 Å². The van der Waals surface area contributed by atoms with Crippen molar-refractivity contribution in [3.8, 4) is 0 Å². The highest BCUT2D eigenvalue weighted by atomic mass is 16.3. The lowest BCUT2D eigenvalue weighted by atomic mass is 9.91. The highest BCUT2D eigenvalue weighted by molar-refractivity contribution is 5.48. The Morgan fingerprint density at radius 3 is 2.83 bits per heavy atom. The van der Waals surface area contributed by atoms with Crippen molar-refractivity contribution in [1.82, 2.24) is 4.98 Å². The van der Waals surface area contributed by atoms with Crippen LogP contribution >= 0.6 is 0 Å². The second kappa shape index (κ2) is 5.67. The van der Waals surface area contributed by atoms with Crippen molar-refractivity contribution in [2.45, 2.75) is 50.8 Å². The molecule has 1 fully saturated rings. The smallest absolute Gasteiger partial charge is 0.133 e. The summed E-state index contributed by atoms with van der Waals surface area (Å²) in [6, 6.07) is 4.04. The van der Waals surface area contributed by atoms with Gasteiger partial charge in [0.05, 0.1) is 12.1 Å². The predicted molar refractivity (Wildman–Crippen MR) is 73.5 cm³/mol. The van der Waals surface area contributed by atoms with Crippen molar-refractivity contribution >= 4 is 5.82 Å². The van der Waals surface area contributed by atoms with E-state index in [4.69, 9.17) is 5.73 Å². The third-order valence-electron chi connectivity index (χ3n) is 3.83. The Kier molecular flexibility index (Phi) is 4.19. The molecule has 1 aromatic rings. The predicted octanol–water partition coefficient (Wildman–Crippen LogP) is 1.84. The number of aliphatic hydroxyl groups excluding tert-OH is 1. The van der Waals surface area contributed by atoms with Gasteiger partial charge >= 0.3 is 0 Å². The summed E-state index contributed by atoms with van der Waals surface area (Å²) in [5.41, 5.74) is 7.03. The average molecular weight is 249 g/mol. The molecular weight excluding hydrogens is 226 g/mol. The largest absolute Gasteiger partial charge is 0.391 e. The number of aromatic nitrogens is 1. The van der Waals surface area contributed by atoms with Crippen LogP contribution in [0.1, 0.15) is 44.2 Å². The van der Waals surface area contributed by atoms with Crippen LogP contribution in [0.25, 0.3) is 0 Å². The number of hydrogen-bond acceptors (Lipinski definition) is 4. The molecule has 18 heavy (non-hydrogen) atoms. The highest BCUT2D eigenvalue weighted by Crippen LogP contribution is 2.29. The molecular formula is C14H23N3O. The van der Waals surface area contributed by atoms with E-state index >= 15 is 0 Å². The Balaban J connectivity index is 2.24. The van der Waals surface area contributed by atoms with Crippen LogP contribution < -0.4 is 10.6 Å². The summed E-state index contributed by atoms with van der Waals surface area (Å²) in [4.78, 5) is 6.54. The quantitative estimate of drug-likeness (QED) is 0.858. The summed E-state index contributed by atoms with van der Waals surface area (Å²) in [7, 11) is 2.01. The molecule has 0 amide bonds. The van der Waals surface area contributed by atoms with Crippen molar-refractivity contribution in [2.75, 3.05) is 11.9 Å². The summed E-state index contributed by atoms with van der Waals surface area (Å²) in [5.74, 6) is 0.901. The Morgan fingerprint density at radius 2 is 2.17 bits per heavy atom. The normalized spacial score (nSPS) is 25.8. The average Bonchev–Trinajstić information content (AvgIpc) is 2.38. The molecule has 2 rings (SSSR count). The van der Waals surface area contributed by atoms with Gasteiger partial charge in [-0.25, -0.2) is 4.98 Å². The molecule has 1 aliphatic rings. The first-order valence-corrected chi connectivity index (χ1v) is 6.72. The van der Waals surface area contributed by atoms with Crippen LogP contribution in [0.15, 0.2) is 18.3 Å². The van der Waals surface area contributed by atoms with Crippen molar-refractivity contribution < 1.29 is 5.11 Å².